The summed E-state index contributed by atoms with van der Waals surface area (Å²) < 4.78 is 0. The number of nitrogens with zero attached hydrogens (tertiary/aromatic N) is 2. The molecule has 1 unspecified atom stereocenters. The van der Waals surface area contributed by atoms with Crippen LogP contribution in [0.1, 0.15) is 23.6 Å². The van der Waals surface area contributed by atoms with Crippen molar-refractivity contribution in [2.45, 2.75) is 12.5 Å². The Morgan fingerprint density at radius 1 is 1.07 bits per heavy atom. The van der Waals surface area contributed by atoms with Crippen LogP contribution < -0.4 is 0 Å². The van der Waals surface area contributed by atoms with E-state index >= 15 is 0 Å². The van der Waals surface area contributed by atoms with E-state index in [4.69, 9.17) is 0 Å². The lowest BCUT2D eigenvalue weighted by atomic mass is 9.95. The third kappa shape index (κ3) is 4.78. The minimum absolute atomic E-state index is 0.0581. The third-order valence-corrected chi connectivity index (χ3v) is 5.01. The Morgan fingerprint density at radius 2 is 1.73 bits per heavy atom. The molecule has 0 saturated heterocycles. The maximum Gasteiger partial charge on any atom is 0.290 e. The van der Waals surface area contributed by atoms with Gasteiger partial charge in [0.25, 0.3) is 5.91 Å². The minimum atomic E-state index is -0.701. The predicted molar refractivity (Wildman–Crippen MR) is 116 cm³/mol. The van der Waals surface area contributed by atoms with Crippen LogP contribution in [-0.4, -0.2) is 58.9 Å². The van der Waals surface area contributed by atoms with E-state index in [0.29, 0.717) is 18.5 Å². The second kappa shape index (κ2) is 9.41. The summed E-state index contributed by atoms with van der Waals surface area (Å²) in [7, 11) is 3.89. The Hall–Kier alpha value is -3.38. The number of aliphatic hydroxyl groups excluding tert-OH is 1. The molecule has 0 aliphatic carbocycles. The minimum Gasteiger partial charge on any atom is -0.508 e. The monoisotopic (exact) mass is 406 g/mol. The van der Waals surface area contributed by atoms with E-state index in [-0.39, 0.29) is 11.3 Å². The lowest BCUT2D eigenvalue weighted by molar-refractivity contribution is -0.129. The van der Waals surface area contributed by atoms with E-state index in [0.717, 1.165) is 12.1 Å². The van der Waals surface area contributed by atoms with Crippen LogP contribution in [0.25, 0.3) is 6.08 Å². The number of benzene rings is 2. The summed E-state index contributed by atoms with van der Waals surface area (Å²) in [6.07, 6.45) is 3.74. The average molecular weight is 406 g/mol. The fourth-order valence-corrected chi connectivity index (χ4v) is 3.52. The van der Waals surface area contributed by atoms with Gasteiger partial charge in [-0.2, -0.15) is 0 Å². The van der Waals surface area contributed by atoms with Gasteiger partial charge in [0.05, 0.1) is 11.6 Å². The molecule has 1 aliphatic heterocycles. The second-order valence-corrected chi connectivity index (χ2v) is 7.52. The molecule has 1 atom stereocenters. The van der Waals surface area contributed by atoms with Crippen LogP contribution in [0.2, 0.25) is 0 Å². The van der Waals surface area contributed by atoms with Crippen LogP contribution in [0.5, 0.6) is 5.75 Å². The van der Waals surface area contributed by atoms with Crippen molar-refractivity contribution in [1.82, 2.24) is 9.80 Å². The molecule has 1 amide bonds. The Morgan fingerprint density at radius 3 is 2.37 bits per heavy atom. The molecule has 0 radical (unpaired) electrons. The van der Waals surface area contributed by atoms with Crippen molar-refractivity contribution in [3.8, 4) is 5.75 Å². The van der Waals surface area contributed by atoms with Crippen molar-refractivity contribution >= 4 is 17.8 Å². The highest BCUT2D eigenvalue weighted by atomic mass is 16.3. The van der Waals surface area contributed by atoms with E-state index in [1.165, 1.54) is 23.1 Å². The molecule has 2 N–H and O–H groups in total. The Balaban J connectivity index is 1.93. The number of rotatable bonds is 8. The highest BCUT2D eigenvalue weighted by molar-refractivity contribution is 6.14. The number of carbonyl (C=O) groups is 2. The van der Waals surface area contributed by atoms with Gasteiger partial charge in [0.2, 0.25) is 0 Å². The zero-order valence-electron chi connectivity index (χ0n) is 17.2. The van der Waals surface area contributed by atoms with Gasteiger partial charge in [-0.15, -0.1) is 0 Å². The molecule has 0 fully saturated rings. The van der Waals surface area contributed by atoms with Gasteiger partial charge in [-0.1, -0.05) is 48.5 Å². The zero-order chi connectivity index (χ0) is 21.7. The summed E-state index contributed by atoms with van der Waals surface area (Å²) in [5.74, 6) is -1.39. The zero-order valence-corrected chi connectivity index (χ0v) is 17.2. The molecule has 1 heterocycles. The Labute approximate surface area is 176 Å². The second-order valence-electron chi connectivity index (χ2n) is 7.52. The smallest absolute Gasteiger partial charge is 0.290 e. The van der Waals surface area contributed by atoms with Crippen LogP contribution in [0, 0.1) is 0 Å². The Kier molecular flexibility index (Phi) is 6.69. The molecule has 6 heteroatoms. The van der Waals surface area contributed by atoms with Crippen molar-refractivity contribution in [2.24, 2.45) is 0 Å². The largest absolute Gasteiger partial charge is 0.508 e. The summed E-state index contributed by atoms with van der Waals surface area (Å²) in [6, 6.07) is 15.0. The topological polar surface area (TPSA) is 81.1 Å². The van der Waals surface area contributed by atoms with Gasteiger partial charge >= 0.3 is 0 Å². The SMILES string of the molecule is CN(C)CCCN1C(=O)C(O)=C(C(=O)/C=C/c2ccccc2)C1c1ccc(O)cc1. The predicted octanol–water partition coefficient (Wildman–Crippen LogP) is 3.32. The number of aliphatic hydroxyl groups is 1. The van der Waals surface area contributed by atoms with Crippen LogP contribution >= 0.6 is 0 Å². The van der Waals surface area contributed by atoms with Crippen molar-refractivity contribution in [2.75, 3.05) is 27.2 Å². The summed E-state index contributed by atoms with van der Waals surface area (Å²) in [5.41, 5.74) is 1.56. The molecule has 0 spiro atoms. The molecular weight excluding hydrogens is 380 g/mol. The number of allylic oxidation sites excluding steroid dienone is 1. The highest BCUT2D eigenvalue weighted by Gasteiger charge is 2.42. The molecule has 2 aromatic carbocycles. The first-order valence-electron chi connectivity index (χ1n) is 9.83. The maximum absolute atomic E-state index is 13.0. The quantitative estimate of drug-likeness (QED) is 0.658. The van der Waals surface area contributed by atoms with Crippen molar-refractivity contribution < 1.29 is 19.8 Å². The van der Waals surface area contributed by atoms with Crippen molar-refractivity contribution in [3.05, 3.63) is 83.1 Å². The third-order valence-electron chi connectivity index (χ3n) is 5.01. The lowest BCUT2D eigenvalue weighted by Crippen LogP contribution is -2.33. The van der Waals surface area contributed by atoms with Gasteiger partial charge in [0, 0.05) is 6.54 Å². The first-order chi connectivity index (χ1) is 14.4. The normalized spacial score (nSPS) is 16.8. The van der Waals surface area contributed by atoms with Crippen molar-refractivity contribution in [1.29, 1.82) is 0 Å². The van der Waals surface area contributed by atoms with Crippen LogP contribution in [0.3, 0.4) is 0 Å². The molecule has 2 aromatic rings. The molecule has 1 aliphatic rings. The number of phenolic OH excluding ortho intramolecular Hbond substituents is 1. The number of hydrogen-bond donors (Lipinski definition) is 2. The molecule has 6 nitrogen and oxygen atoms in total. The van der Waals surface area contributed by atoms with Crippen LogP contribution in [0.4, 0.5) is 0 Å². The van der Waals surface area contributed by atoms with E-state index in [9.17, 15) is 19.8 Å². The number of phenols is 1. The van der Waals surface area contributed by atoms with Crippen LogP contribution in [0.15, 0.2) is 72.0 Å². The van der Waals surface area contributed by atoms with Crippen LogP contribution in [-0.2, 0) is 9.59 Å². The van der Waals surface area contributed by atoms with Gasteiger partial charge in [-0.25, -0.2) is 0 Å². The Bertz CT molecular complexity index is 962. The van der Waals surface area contributed by atoms with Gasteiger partial charge in [0.1, 0.15) is 5.75 Å². The van der Waals surface area contributed by atoms with Gasteiger partial charge in [-0.05, 0) is 56.4 Å². The highest BCUT2D eigenvalue weighted by Crippen LogP contribution is 2.38. The fraction of sp³-hybridized carbons (Fsp3) is 0.250. The molecule has 0 bridgehead atoms. The van der Waals surface area contributed by atoms with E-state index < -0.39 is 23.5 Å². The molecule has 3 rings (SSSR count). The van der Waals surface area contributed by atoms with E-state index in [2.05, 4.69) is 0 Å². The van der Waals surface area contributed by atoms with E-state index in [1.807, 2.05) is 49.3 Å². The molecule has 0 saturated carbocycles. The fourth-order valence-electron chi connectivity index (χ4n) is 3.52. The lowest BCUT2D eigenvalue weighted by Gasteiger charge is -2.27. The molecule has 156 valence electrons. The number of ketones is 1. The first kappa shape index (κ1) is 21.3. The number of aromatic hydroxyl groups is 1. The number of carbonyl (C=O) groups excluding carboxylic acids is 2. The van der Waals surface area contributed by atoms with Gasteiger partial charge in [0.15, 0.2) is 11.5 Å². The average Bonchev–Trinajstić information content (AvgIpc) is 2.98. The summed E-state index contributed by atoms with van der Waals surface area (Å²) in [6.45, 7) is 1.16. The van der Waals surface area contributed by atoms with Gasteiger partial charge < -0.3 is 20.0 Å². The molecule has 30 heavy (non-hydrogen) atoms. The van der Waals surface area contributed by atoms with Gasteiger partial charge in [-0.3, -0.25) is 9.59 Å². The maximum atomic E-state index is 13.0. The molecular formula is C24H26N2O4. The van der Waals surface area contributed by atoms with E-state index in [1.54, 1.807) is 18.2 Å². The standard InChI is InChI=1S/C24H26N2O4/c1-25(2)15-6-16-26-22(18-10-12-19(27)13-11-18)21(23(29)24(26)30)20(28)14-9-17-7-4-3-5-8-17/h3-5,7-14,22,27,29H,6,15-16H2,1-2H3/b14-9+. The van der Waals surface area contributed by atoms with Crippen molar-refractivity contribution in [3.63, 3.8) is 0 Å². The summed E-state index contributed by atoms with van der Waals surface area (Å²) in [5, 5.41) is 20.2. The summed E-state index contributed by atoms with van der Waals surface area (Å²) in [4.78, 5) is 29.3. The number of amides is 1. The first-order valence-corrected chi connectivity index (χ1v) is 9.83. The summed E-state index contributed by atoms with van der Waals surface area (Å²) >= 11 is 0. The number of hydrogen-bond acceptors (Lipinski definition) is 5. The molecule has 0 aromatic heterocycles.